The molecule has 2 saturated carbocycles. The molecule has 224 valence electrons. The van der Waals surface area contributed by atoms with Crippen molar-refractivity contribution in [2.24, 2.45) is 5.92 Å². The summed E-state index contributed by atoms with van der Waals surface area (Å²) in [6.07, 6.45) is 15.8. The van der Waals surface area contributed by atoms with Crippen LogP contribution in [0.15, 0.2) is 30.1 Å². The number of carbonyl (C=O) groups is 2. The van der Waals surface area contributed by atoms with E-state index in [1.807, 2.05) is 29.2 Å². The number of carbonyl (C=O) groups excluding carboxylic acids is 2. The molecule has 0 bridgehead atoms. The molecule has 42 heavy (non-hydrogen) atoms. The van der Waals surface area contributed by atoms with Gasteiger partial charge in [0.15, 0.2) is 0 Å². The number of aromatic nitrogens is 2. The summed E-state index contributed by atoms with van der Waals surface area (Å²) in [5, 5.41) is 10.4. The van der Waals surface area contributed by atoms with Crippen molar-refractivity contribution in [3.63, 3.8) is 0 Å². The van der Waals surface area contributed by atoms with E-state index in [0.29, 0.717) is 41.3 Å². The molecule has 3 heterocycles. The van der Waals surface area contributed by atoms with Gasteiger partial charge in [0.1, 0.15) is 29.8 Å². The van der Waals surface area contributed by atoms with Gasteiger partial charge in [-0.3, -0.25) is 9.59 Å². The molecule has 0 radical (unpaired) electrons. The van der Waals surface area contributed by atoms with E-state index in [9.17, 15) is 9.59 Å². The molecule has 1 aromatic heterocycles. The molecule has 0 spiro atoms. The van der Waals surface area contributed by atoms with Crippen LogP contribution in [-0.4, -0.2) is 58.5 Å². The zero-order valence-corrected chi connectivity index (χ0v) is 24.9. The quantitative estimate of drug-likeness (QED) is 0.357. The lowest BCUT2D eigenvalue weighted by atomic mass is 9.95. The second kappa shape index (κ2) is 13.3. The first-order chi connectivity index (χ1) is 20.5. The summed E-state index contributed by atoms with van der Waals surface area (Å²) in [6.45, 7) is 2.09. The van der Waals surface area contributed by atoms with Gasteiger partial charge in [-0.15, -0.1) is 0 Å². The van der Waals surface area contributed by atoms with Crippen molar-refractivity contribution in [1.82, 2.24) is 20.2 Å². The molecule has 1 aromatic carbocycles. The Morgan fingerprint density at radius 1 is 0.976 bits per heavy atom. The van der Waals surface area contributed by atoms with Gasteiger partial charge in [-0.1, -0.05) is 43.7 Å². The van der Waals surface area contributed by atoms with Gasteiger partial charge in [0.05, 0.1) is 10.6 Å². The van der Waals surface area contributed by atoms with E-state index < -0.39 is 0 Å². The first kappa shape index (κ1) is 28.8. The summed E-state index contributed by atoms with van der Waals surface area (Å²) in [7, 11) is 0. The van der Waals surface area contributed by atoms with Crippen LogP contribution in [0.25, 0.3) is 6.08 Å². The van der Waals surface area contributed by atoms with E-state index in [4.69, 9.17) is 16.3 Å². The second-order valence-electron chi connectivity index (χ2n) is 12.0. The predicted octanol–water partition coefficient (Wildman–Crippen LogP) is 6.08. The van der Waals surface area contributed by atoms with Crippen molar-refractivity contribution >= 4 is 46.8 Å². The largest absolute Gasteiger partial charge is 0.489 e. The lowest BCUT2D eigenvalue weighted by Gasteiger charge is -2.33. The Labute approximate surface area is 252 Å². The van der Waals surface area contributed by atoms with Crippen LogP contribution in [0.5, 0.6) is 5.75 Å². The van der Waals surface area contributed by atoms with Crippen LogP contribution in [0, 0.1) is 5.92 Å². The molecule has 1 saturated heterocycles. The Balaban J connectivity index is 1.09. The Bertz CT molecular complexity index is 1310. The van der Waals surface area contributed by atoms with E-state index in [0.717, 1.165) is 68.4 Å². The lowest BCUT2D eigenvalue weighted by molar-refractivity contribution is -0.137. The Morgan fingerprint density at radius 2 is 1.74 bits per heavy atom. The molecule has 2 amide bonds. The number of amides is 2. The fourth-order valence-electron chi connectivity index (χ4n) is 6.65. The van der Waals surface area contributed by atoms with Crippen LogP contribution in [0.2, 0.25) is 5.02 Å². The van der Waals surface area contributed by atoms with Crippen LogP contribution in [-0.2, 0) is 9.59 Å². The monoisotopic (exact) mass is 592 g/mol. The predicted molar refractivity (Wildman–Crippen MR) is 165 cm³/mol. The minimum Gasteiger partial charge on any atom is -0.489 e. The van der Waals surface area contributed by atoms with Gasteiger partial charge < -0.3 is 25.6 Å². The molecule has 2 aromatic rings. The maximum Gasteiger partial charge on any atom is 0.247 e. The highest BCUT2D eigenvalue weighted by Gasteiger charge is 2.31. The van der Waals surface area contributed by atoms with E-state index in [-0.39, 0.29) is 24.0 Å². The van der Waals surface area contributed by atoms with Gasteiger partial charge in [0.25, 0.3) is 0 Å². The summed E-state index contributed by atoms with van der Waals surface area (Å²) >= 11 is 6.67. The van der Waals surface area contributed by atoms with Gasteiger partial charge in [-0.2, -0.15) is 0 Å². The third-order valence-electron chi connectivity index (χ3n) is 9.07. The molecule has 0 atom stereocenters. The molecule has 2 aliphatic carbocycles. The maximum atomic E-state index is 13.1. The van der Waals surface area contributed by atoms with Gasteiger partial charge >= 0.3 is 0 Å². The molecule has 3 fully saturated rings. The summed E-state index contributed by atoms with van der Waals surface area (Å²) in [5.74, 6) is 2.46. The fourth-order valence-corrected chi connectivity index (χ4v) is 6.88. The first-order valence-electron chi connectivity index (χ1n) is 15.7. The zero-order chi connectivity index (χ0) is 28.9. The highest BCUT2D eigenvalue weighted by Crippen LogP contribution is 2.34. The van der Waals surface area contributed by atoms with Crippen molar-refractivity contribution < 1.29 is 14.3 Å². The number of anilines is 3. The lowest BCUT2D eigenvalue weighted by Crippen LogP contribution is -2.44. The minimum atomic E-state index is -0.00960. The number of benzene rings is 1. The van der Waals surface area contributed by atoms with Crippen LogP contribution in [0.1, 0.15) is 82.6 Å². The average molecular weight is 593 g/mol. The summed E-state index contributed by atoms with van der Waals surface area (Å²) in [6, 6.07) is 5.87. The number of ether oxygens (including phenoxy) is 1. The average Bonchev–Trinajstić information content (AvgIpc) is 3.46. The summed E-state index contributed by atoms with van der Waals surface area (Å²) in [5.41, 5.74) is 2.23. The molecule has 4 aliphatic rings. The van der Waals surface area contributed by atoms with Gasteiger partial charge in [0.2, 0.25) is 11.8 Å². The molecule has 3 N–H and O–H groups in total. The van der Waals surface area contributed by atoms with Gasteiger partial charge in [-0.25, -0.2) is 9.97 Å². The van der Waals surface area contributed by atoms with Crippen molar-refractivity contribution in [1.29, 1.82) is 0 Å². The number of hydrogen-bond donors (Lipinski definition) is 3. The van der Waals surface area contributed by atoms with Crippen LogP contribution in [0.3, 0.4) is 0 Å². The highest BCUT2D eigenvalue weighted by molar-refractivity contribution is 6.32. The van der Waals surface area contributed by atoms with Crippen molar-refractivity contribution in [3.05, 3.63) is 40.7 Å². The van der Waals surface area contributed by atoms with E-state index in [2.05, 4.69) is 25.9 Å². The topological polar surface area (TPSA) is 108 Å². The SMILES string of the molecule is O=C(NC1CCCCC1)C1=Cc2c(ncnc2Nc2ccc(OC3CCN(C(=O)C4CCCC4)CC3)c(Cl)c2)NCC1. The number of piperidine rings is 1. The van der Waals surface area contributed by atoms with Crippen molar-refractivity contribution in [3.8, 4) is 5.75 Å². The second-order valence-corrected chi connectivity index (χ2v) is 12.4. The van der Waals surface area contributed by atoms with Crippen LogP contribution in [0.4, 0.5) is 17.3 Å². The molecular weight excluding hydrogens is 552 g/mol. The molecule has 9 nitrogen and oxygen atoms in total. The standard InChI is InChI=1S/C32H41ClN6O3/c33-27-19-24(10-11-28(27)42-25-13-16-39(17-14-25)32(41)21-6-4-5-7-21)37-30-26-18-22(12-15-34-29(26)35-20-36-30)31(40)38-23-8-2-1-3-9-23/h10-11,18-21,23,25H,1-9,12-17H2,(H,38,40)(H2,34,35,36,37). The van der Waals surface area contributed by atoms with Gasteiger partial charge in [-0.05, 0) is 56.4 Å². The number of rotatable bonds is 7. The molecule has 2 aliphatic heterocycles. The van der Waals surface area contributed by atoms with E-state index >= 15 is 0 Å². The first-order valence-corrected chi connectivity index (χ1v) is 16.0. The number of nitrogens with one attached hydrogen (secondary N) is 3. The van der Waals surface area contributed by atoms with Crippen molar-refractivity contribution in [2.75, 3.05) is 30.3 Å². The minimum absolute atomic E-state index is 0.00960. The smallest absolute Gasteiger partial charge is 0.247 e. The maximum absolute atomic E-state index is 13.1. The Kier molecular flexibility index (Phi) is 9.12. The van der Waals surface area contributed by atoms with E-state index in [1.54, 1.807) is 0 Å². The Morgan fingerprint density at radius 3 is 2.50 bits per heavy atom. The normalized spacial score (nSPS) is 20.2. The van der Waals surface area contributed by atoms with Crippen molar-refractivity contribution in [2.45, 2.75) is 89.2 Å². The number of halogens is 1. The fraction of sp³-hybridized carbons (Fsp3) is 0.562. The molecule has 0 unspecified atom stereocenters. The van der Waals surface area contributed by atoms with Crippen LogP contribution >= 0.6 is 11.6 Å². The molecule has 6 rings (SSSR count). The zero-order valence-electron chi connectivity index (χ0n) is 24.2. The molecule has 10 heteroatoms. The number of fused-ring (bicyclic) bond motifs is 1. The number of hydrogen-bond acceptors (Lipinski definition) is 7. The van der Waals surface area contributed by atoms with Crippen LogP contribution < -0.4 is 20.7 Å². The Hall–Kier alpha value is -3.33. The van der Waals surface area contributed by atoms with Gasteiger partial charge in [0, 0.05) is 55.7 Å². The third-order valence-corrected chi connectivity index (χ3v) is 9.36. The highest BCUT2D eigenvalue weighted by atomic mass is 35.5. The number of nitrogens with zero attached hydrogens (tertiary/aromatic N) is 3. The summed E-state index contributed by atoms with van der Waals surface area (Å²) in [4.78, 5) is 36.8. The van der Waals surface area contributed by atoms with E-state index in [1.165, 1.54) is 38.4 Å². The molecular formula is C32H41ClN6O3. The third kappa shape index (κ3) is 6.83. The number of likely N-dealkylation sites (tertiary alicyclic amines) is 1. The summed E-state index contributed by atoms with van der Waals surface area (Å²) < 4.78 is 6.27.